The Morgan fingerprint density at radius 2 is 1.71 bits per heavy atom. The van der Waals surface area contributed by atoms with Crippen molar-refractivity contribution in [2.45, 2.75) is 17.7 Å². The normalized spacial score (nSPS) is 11.5. The molecule has 1 amide bonds. The molecule has 0 radical (unpaired) electrons. The van der Waals surface area contributed by atoms with Crippen molar-refractivity contribution < 1.29 is 18.3 Å². The quantitative estimate of drug-likeness (QED) is 0.155. The number of sulfone groups is 1. The lowest BCUT2D eigenvalue weighted by atomic mass is 10.1. The van der Waals surface area contributed by atoms with Crippen molar-refractivity contribution in [2.75, 3.05) is 11.1 Å². The van der Waals surface area contributed by atoms with E-state index in [0.717, 1.165) is 27.4 Å². The maximum Gasteiger partial charge on any atom is 0.255 e. The van der Waals surface area contributed by atoms with Crippen molar-refractivity contribution in [2.24, 2.45) is 0 Å². The minimum Gasteiger partial charge on any atom is -0.506 e. The molecule has 1 heterocycles. The number of phenolic OH excluding ortho intramolecular Hbond substituents is 1. The topological polar surface area (TPSA) is 96.4 Å². The number of benzene rings is 4. The summed E-state index contributed by atoms with van der Waals surface area (Å²) in [4.78, 5) is 17.9. The van der Waals surface area contributed by atoms with Crippen LogP contribution >= 0.6 is 22.9 Å². The van der Waals surface area contributed by atoms with Gasteiger partial charge in [0.15, 0.2) is 9.84 Å². The summed E-state index contributed by atoms with van der Waals surface area (Å²) in [7, 11) is -3.45. The molecule has 5 aromatic rings. The van der Waals surface area contributed by atoms with Gasteiger partial charge in [0.2, 0.25) is 0 Å². The lowest BCUT2D eigenvalue weighted by Crippen LogP contribution is -2.12. The van der Waals surface area contributed by atoms with Gasteiger partial charge in [0, 0.05) is 21.5 Å². The highest BCUT2D eigenvalue weighted by atomic mass is 35.5. The molecule has 2 N–H and O–H groups in total. The first-order valence-corrected chi connectivity index (χ1v) is 16.1. The second kappa shape index (κ2) is 13.2. The highest BCUT2D eigenvalue weighted by Gasteiger charge is 2.15. The zero-order valence-electron chi connectivity index (χ0n) is 22.4. The van der Waals surface area contributed by atoms with Crippen LogP contribution in [0.25, 0.3) is 23.4 Å². The number of hydrogen-bond donors (Lipinski definition) is 2. The number of halogens is 1. The molecule has 5 rings (SSSR count). The van der Waals surface area contributed by atoms with E-state index >= 15 is 0 Å². The lowest BCUT2D eigenvalue weighted by Gasteiger charge is -2.11. The van der Waals surface area contributed by atoms with Crippen molar-refractivity contribution >= 4 is 56.5 Å². The first kappa shape index (κ1) is 29.3. The van der Waals surface area contributed by atoms with E-state index in [1.54, 1.807) is 53.8 Å². The number of nitrogens with zero attached hydrogens (tertiary/aromatic N) is 1. The predicted molar refractivity (Wildman–Crippen MR) is 171 cm³/mol. The van der Waals surface area contributed by atoms with E-state index in [2.05, 4.69) is 10.3 Å². The summed E-state index contributed by atoms with van der Waals surface area (Å²) < 4.78 is 25.2. The molecule has 0 spiro atoms. The Kier molecular flexibility index (Phi) is 9.17. The van der Waals surface area contributed by atoms with Gasteiger partial charge in [-0.15, -0.1) is 11.3 Å². The molecule has 6 nitrogen and oxygen atoms in total. The maximum atomic E-state index is 13.0. The van der Waals surface area contributed by atoms with Crippen LogP contribution in [0.4, 0.5) is 5.69 Å². The minimum absolute atomic E-state index is 0.0356. The zero-order chi connectivity index (χ0) is 29.5. The maximum absolute atomic E-state index is 13.0. The molecule has 0 unspecified atom stereocenters. The van der Waals surface area contributed by atoms with Crippen LogP contribution in [0.1, 0.15) is 32.9 Å². The monoisotopic (exact) mass is 614 g/mol. The van der Waals surface area contributed by atoms with Crippen LogP contribution in [0, 0.1) is 0 Å². The highest BCUT2D eigenvalue weighted by molar-refractivity contribution is 7.91. The van der Waals surface area contributed by atoms with Gasteiger partial charge in [0.25, 0.3) is 5.91 Å². The van der Waals surface area contributed by atoms with Gasteiger partial charge in [-0.2, -0.15) is 0 Å². The van der Waals surface area contributed by atoms with Crippen LogP contribution in [-0.4, -0.2) is 30.2 Å². The van der Waals surface area contributed by atoms with E-state index < -0.39 is 9.84 Å². The van der Waals surface area contributed by atoms with Crippen molar-refractivity contribution in [3.8, 4) is 17.0 Å². The fourth-order valence-electron chi connectivity index (χ4n) is 4.32. The Labute approximate surface area is 253 Å². The number of hydrogen-bond acceptors (Lipinski definition) is 6. The summed E-state index contributed by atoms with van der Waals surface area (Å²) in [5.41, 5.74) is 4.29. The van der Waals surface area contributed by atoms with Crippen LogP contribution in [-0.2, 0) is 16.3 Å². The number of rotatable bonds is 10. The van der Waals surface area contributed by atoms with Crippen molar-refractivity contribution in [1.29, 1.82) is 0 Å². The Morgan fingerprint density at radius 3 is 2.50 bits per heavy atom. The summed E-state index contributed by atoms with van der Waals surface area (Å²) in [5, 5.41) is 16.5. The minimum atomic E-state index is -3.45. The lowest BCUT2D eigenvalue weighted by molar-refractivity contribution is 0.102. The smallest absolute Gasteiger partial charge is 0.255 e. The second-order valence-electron chi connectivity index (χ2n) is 9.58. The van der Waals surface area contributed by atoms with E-state index in [0.29, 0.717) is 23.4 Å². The summed E-state index contributed by atoms with van der Waals surface area (Å²) in [6, 6.07) is 28.1. The van der Waals surface area contributed by atoms with Gasteiger partial charge in [0.05, 0.1) is 22.0 Å². The summed E-state index contributed by atoms with van der Waals surface area (Å²) >= 11 is 7.40. The molecule has 0 atom stereocenters. The molecule has 42 heavy (non-hydrogen) atoms. The van der Waals surface area contributed by atoms with Crippen LogP contribution in [0.3, 0.4) is 0 Å². The zero-order valence-corrected chi connectivity index (χ0v) is 24.8. The molecule has 212 valence electrons. The van der Waals surface area contributed by atoms with Crippen molar-refractivity contribution in [3.63, 3.8) is 0 Å². The molecule has 4 aromatic carbocycles. The van der Waals surface area contributed by atoms with Crippen LogP contribution in [0.2, 0.25) is 5.02 Å². The molecule has 0 saturated carbocycles. The number of nitrogens with one attached hydrogen (secondary N) is 1. The highest BCUT2D eigenvalue weighted by Crippen LogP contribution is 2.27. The van der Waals surface area contributed by atoms with Crippen molar-refractivity contribution in [1.82, 2.24) is 4.98 Å². The van der Waals surface area contributed by atoms with Gasteiger partial charge in [0.1, 0.15) is 10.8 Å². The summed E-state index contributed by atoms with van der Waals surface area (Å²) in [5.74, 6) is -0.481. The van der Waals surface area contributed by atoms with Crippen LogP contribution < -0.4 is 5.32 Å². The standard InChI is InChI=1S/C33H27ClN2O4S2/c34-27-13-15-28(16-14-27)42(39,40)19-5-7-24-11-17-31(37)29(21-24)36-33(38)26-10-4-6-23(20-26)12-18-32-35-30(22-41-32)25-8-2-1-3-9-25/h1-4,6,8-18,20-22,37H,5,7,19H2,(H,36,38). The molecule has 0 aliphatic heterocycles. The van der Waals surface area contributed by atoms with Gasteiger partial charge >= 0.3 is 0 Å². The first-order chi connectivity index (χ1) is 20.3. The average Bonchev–Trinajstić information content (AvgIpc) is 3.48. The molecule has 0 aliphatic carbocycles. The largest absolute Gasteiger partial charge is 0.506 e. The van der Waals surface area contributed by atoms with Crippen LogP contribution in [0.5, 0.6) is 5.75 Å². The number of carbonyl (C=O) groups is 1. The fourth-order valence-corrected chi connectivity index (χ4v) is 6.47. The molecular formula is C33H27ClN2O4S2. The van der Waals surface area contributed by atoms with E-state index in [4.69, 9.17) is 11.6 Å². The third kappa shape index (κ3) is 7.53. The van der Waals surface area contributed by atoms with E-state index in [1.165, 1.54) is 18.2 Å². The molecule has 9 heteroatoms. The average molecular weight is 615 g/mol. The second-order valence-corrected chi connectivity index (χ2v) is 13.0. The number of phenols is 1. The number of anilines is 1. The molecule has 1 aromatic heterocycles. The van der Waals surface area contributed by atoms with Gasteiger partial charge in [-0.3, -0.25) is 4.79 Å². The molecule has 0 bridgehead atoms. The molecule has 0 aliphatic rings. The van der Waals surface area contributed by atoms with E-state index in [-0.39, 0.29) is 28.0 Å². The number of carbonyl (C=O) groups excluding carboxylic acids is 1. The molecule has 0 fully saturated rings. The third-order valence-electron chi connectivity index (χ3n) is 6.52. The SMILES string of the molecule is O=C(Nc1cc(CCCS(=O)(=O)c2ccc(Cl)cc2)ccc1O)c1cccc(C=Cc2nc(-c3ccccc3)cs2)c1. The Balaban J connectivity index is 1.21. The van der Waals surface area contributed by atoms with Gasteiger partial charge in [-0.25, -0.2) is 13.4 Å². The predicted octanol–water partition coefficient (Wildman–Crippen LogP) is 8.00. The summed E-state index contributed by atoms with van der Waals surface area (Å²) in [6.45, 7) is 0. The molecular weight excluding hydrogens is 588 g/mol. The van der Waals surface area contributed by atoms with Gasteiger partial charge in [-0.05, 0) is 78.6 Å². The number of aryl methyl sites for hydroxylation is 1. The first-order valence-electron chi connectivity index (χ1n) is 13.2. The van der Waals surface area contributed by atoms with Crippen molar-refractivity contribution in [3.05, 3.63) is 129 Å². The fraction of sp³-hybridized carbons (Fsp3) is 0.0909. The van der Waals surface area contributed by atoms with E-state index in [9.17, 15) is 18.3 Å². The van der Waals surface area contributed by atoms with E-state index in [1.807, 2.05) is 53.9 Å². The van der Waals surface area contributed by atoms with Crippen LogP contribution in [0.15, 0.2) is 107 Å². The Hall–Kier alpha value is -4.24. The Bertz CT molecular complexity index is 1830. The Morgan fingerprint density at radius 1 is 0.929 bits per heavy atom. The number of thiazole rings is 1. The summed E-state index contributed by atoms with van der Waals surface area (Å²) in [6.07, 6.45) is 4.65. The van der Waals surface area contributed by atoms with Gasteiger partial charge in [-0.1, -0.05) is 66.2 Å². The molecule has 0 saturated heterocycles. The number of aromatic nitrogens is 1. The number of amides is 1. The number of aromatic hydroxyl groups is 1. The third-order valence-corrected chi connectivity index (χ3v) is 9.40. The van der Waals surface area contributed by atoms with Gasteiger partial charge < -0.3 is 10.4 Å².